The average molecular weight is 144 g/mol. The molecule has 1 rings (SSSR count). The van der Waals surface area contributed by atoms with E-state index in [1.807, 2.05) is 7.05 Å². The van der Waals surface area contributed by atoms with E-state index in [9.17, 15) is 5.11 Å². The lowest BCUT2D eigenvalue weighted by molar-refractivity contribution is 0.157. The van der Waals surface area contributed by atoms with E-state index in [1.54, 1.807) is 0 Å². The molecule has 0 bridgehead atoms. The molecule has 1 fully saturated rings. The molecule has 3 heteroatoms. The van der Waals surface area contributed by atoms with Gasteiger partial charge in [-0.3, -0.25) is 4.90 Å². The van der Waals surface area contributed by atoms with Crippen molar-refractivity contribution in [1.29, 1.82) is 0 Å². The molecule has 0 spiro atoms. The molecule has 0 saturated carbocycles. The third-order valence-corrected chi connectivity index (χ3v) is 2.18. The summed E-state index contributed by atoms with van der Waals surface area (Å²) in [6.07, 6.45) is -0.176. The van der Waals surface area contributed by atoms with Crippen LogP contribution in [0.15, 0.2) is 0 Å². The highest BCUT2D eigenvalue weighted by Crippen LogP contribution is 2.08. The number of likely N-dealkylation sites (N-methyl/N-ethyl adjacent to an activating group) is 2. The van der Waals surface area contributed by atoms with Crippen LogP contribution in [0, 0.1) is 0 Å². The smallest absolute Gasteiger partial charge is 0.0832 e. The van der Waals surface area contributed by atoms with Gasteiger partial charge in [0.15, 0.2) is 0 Å². The van der Waals surface area contributed by atoms with Gasteiger partial charge < -0.3 is 10.4 Å². The van der Waals surface area contributed by atoms with Crippen molar-refractivity contribution in [3.05, 3.63) is 0 Å². The van der Waals surface area contributed by atoms with Crippen molar-refractivity contribution < 1.29 is 5.11 Å². The van der Waals surface area contributed by atoms with Gasteiger partial charge in [-0.15, -0.1) is 0 Å². The molecule has 1 saturated heterocycles. The van der Waals surface area contributed by atoms with Crippen LogP contribution in [0.4, 0.5) is 0 Å². The Bertz CT molecular complexity index is 108. The van der Waals surface area contributed by atoms with Gasteiger partial charge in [-0.25, -0.2) is 0 Å². The maximum absolute atomic E-state index is 9.39. The lowest BCUT2D eigenvalue weighted by Gasteiger charge is -2.11. The Morgan fingerprint density at radius 1 is 1.60 bits per heavy atom. The lowest BCUT2D eigenvalue weighted by atomic mass is 10.2. The summed E-state index contributed by atoms with van der Waals surface area (Å²) in [6, 6.07) is 0.278. The molecule has 0 aromatic rings. The molecule has 0 aromatic carbocycles. The number of nitrogens with one attached hydrogen (secondary N) is 1. The number of likely N-dealkylation sites (tertiary alicyclic amines) is 1. The first-order valence-electron chi connectivity index (χ1n) is 3.85. The predicted octanol–water partition coefficient (Wildman–Crippen LogP) is -0.729. The van der Waals surface area contributed by atoms with E-state index in [0.717, 1.165) is 19.6 Å². The minimum Gasteiger partial charge on any atom is -0.390 e. The van der Waals surface area contributed by atoms with Crippen molar-refractivity contribution in [1.82, 2.24) is 10.2 Å². The molecule has 0 amide bonds. The van der Waals surface area contributed by atoms with Gasteiger partial charge in [-0.1, -0.05) is 6.92 Å². The summed E-state index contributed by atoms with van der Waals surface area (Å²) in [5.74, 6) is 0. The summed E-state index contributed by atoms with van der Waals surface area (Å²) < 4.78 is 0. The van der Waals surface area contributed by atoms with Crippen molar-refractivity contribution in [2.24, 2.45) is 0 Å². The van der Waals surface area contributed by atoms with Crippen LogP contribution in [0.25, 0.3) is 0 Å². The summed E-state index contributed by atoms with van der Waals surface area (Å²) in [4.78, 5) is 2.24. The Labute approximate surface area is 62.0 Å². The molecule has 3 nitrogen and oxygen atoms in total. The molecule has 1 aliphatic heterocycles. The van der Waals surface area contributed by atoms with E-state index in [4.69, 9.17) is 0 Å². The van der Waals surface area contributed by atoms with Gasteiger partial charge in [0.25, 0.3) is 0 Å². The van der Waals surface area contributed by atoms with E-state index in [-0.39, 0.29) is 12.1 Å². The Balaban J connectivity index is 2.36. The summed E-state index contributed by atoms with van der Waals surface area (Å²) in [7, 11) is 1.90. The van der Waals surface area contributed by atoms with Gasteiger partial charge >= 0.3 is 0 Å². The summed E-state index contributed by atoms with van der Waals surface area (Å²) >= 11 is 0. The fourth-order valence-electron chi connectivity index (χ4n) is 1.41. The molecular formula is C7H16N2O. The molecule has 10 heavy (non-hydrogen) atoms. The number of aliphatic hydroxyl groups is 1. The second kappa shape index (κ2) is 3.32. The number of rotatable bonds is 2. The van der Waals surface area contributed by atoms with Gasteiger partial charge in [-0.2, -0.15) is 0 Å². The van der Waals surface area contributed by atoms with Crippen molar-refractivity contribution in [3.63, 3.8) is 0 Å². The zero-order chi connectivity index (χ0) is 7.56. The zero-order valence-electron chi connectivity index (χ0n) is 6.67. The van der Waals surface area contributed by atoms with Crippen LogP contribution in [0.5, 0.6) is 0 Å². The fraction of sp³-hybridized carbons (Fsp3) is 1.00. The number of hydrogen-bond acceptors (Lipinski definition) is 3. The molecular weight excluding hydrogens is 128 g/mol. The largest absolute Gasteiger partial charge is 0.390 e. The lowest BCUT2D eigenvalue weighted by Crippen LogP contribution is -2.36. The Morgan fingerprint density at radius 2 is 2.30 bits per heavy atom. The molecule has 0 aromatic heterocycles. The normalized spacial score (nSPS) is 35.1. The minimum absolute atomic E-state index is 0.176. The van der Waals surface area contributed by atoms with Gasteiger partial charge in [0.2, 0.25) is 0 Å². The van der Waals surface area contributed by atoms with Crippen LogP contribution in [0.1, 0.15) is 6.92 Å². The van der Waals surface area contributed by atoms with Gasteiger partial charge in [-0.05, 0) is 13.6 Å². The topological polar surface area (TPSA) is 35.5 Å². The quantitative estimate of drug-likeness (QED) is 0.536. The molecule has 1 aliphatic rings. The first-order chi connectivity index (χ1) is 4.77. The van der Waals surface area contributed by atoms with E-state index < -0.39 is 0 Å². The standard InChI is InChI=1S/C7H16N2O/c1-3-9-4-6(8-2)7(10)5-9/h6-8,10H,3-5H2,1-2H3/t6-,7-/m1/s1. The second-order valence-corrected chi connectivity index (χ2v) is 2.81. The number of hydrogen-bond donors (Lipinski definition) is 2. The zero-order valence-corrected chi connectivity index (χ0v) is 6.67. The first-order valence-corrected chi connectivity index (χ1v) is 3.85. The fourth-order valence-corrected chi connectivity index (χ4v) is 1.41. The third kappa shape index (κ3) is 1.48. The summed E-state index contributed by atoms with van der Waals surface area (Å²) in [6.45, 7) is 4.95. The van der Waals surface area contributed by atoms with Crippen LogP contribution in [-0.2, 0) is 0 Å². The van der Waals surface area contributed by atoms with Crippen LogP contribution >= 0.6 is 0 Å². The molecule has 0 aliphatic carbocycles. The van der Waals surface area contributed by atoms with Crippen LogP contribution in [0.3, 0.4) is 0 Å². The molecule has 1 heterocycles. The summed E-state index contributed by atoms with van der Waals surface area (Å²) in [5, 5.41) is 12.5. The Kier molecular flexibility index (Phi) is 2.65. The number of nitrogens with zero attached hydrogens (tertiary/aromatic N) is 1. The number of aliphatic hydroxyl groups excluding tert-OH is 1. The highest BCUT2D eigenvalue weighted by atomic mass is 16.3. The monoisotopic (exact) mass is 144 g/mol. The molecule has 2 N–H and O–H groups in total. The first kappa shape index (κ1) is 7.98. The van der Waals surface area contributed by atoms with Gasteiger partial charge in [0, 0.05) is 19.1 Å². The maximum atomic E-state index is 9.39. The highest BCUT2D eigenvalue weighted by molar-refractivity contribution is 4.87. The molecule has 2 atom stereocenters. The molecule has 0 unspecified atom stereocenters. The van der Waals surface area contributed by atoms with Crippen molar-refractivity contribution in [2.45, 2.75) is 19.1 Å². The van der Waals surface area contributed by atoms with Crippen LogP contribution < -0.4 is 5.32 Å². The van der Waals surface area contributed by atoms with Crippen LogP contribution in [0.2, 0.25) is 0 Å². The van der Waals surface area contributed by atoms with Crippen molar-refractivity contribution >= 4 is 0 Å². The average Bonchev–Trinajstić information content (AvgIpc) is 2.30. The third-order valence-electron chi connectivity index (χ3n) is 2.18. The van der Waals surface area contributed by atoms with Crippen molar-refractivity contribution in [3.8, 4) is 0 Å². The molecule has 0 radical (unpaired) electrons. The van der Waals surface area contributed by atoms with Gasteiger partial charge in [0.1, 0.15) is 0 Å². The second-order valence-electron chi connectivity index (χ2n) is 2.81. The SMILES string of the molecule is CCN1C[C@@H](O)[C@H](NC)C1. The van der Waals surface area contributed by atoms with E-state index in [2.05, 4.69) is 17.1 Å². The Morgan fingerprint density at radius 3 is 2.60 bits per heavy atom. The van der Waals surface area contributed by atoms with Crippen molar-refractivity contribution in [2.75, 3.05) is 26.7 Å². The minimum atomic E-state index is -0.176. The van der Waals surface area contributed by atoms with E-state index in [0.29, 0.717) is 0 Å². The highest BCUT2D eigenvalue weighted by Gasteiger charge is 2.28. The van der Waals surface area contributed by atoms with E-state index >= 15 is 0 Å². The maximum Gasteiger partial charge on any atom is 0.0832 e. The summed E-state index contributed by atoms with van der Waals surface area (Å²) in [5.41, 5.74) is 0. The van der Waals surface area contributed by atoms with E-state index in [1.165, 1.54) is 0 Å². The Hall–Kier alpha value is -0.120. The predicted molar refractivity (Wildman–Crippen MR) is 41.0 cm³/mol. The molecule has 60 valence electrons. The van der Waals surface area contributed by atoms with Gasteiger partial charge in [0.05, 0.1) is 6.10 Å². The number of β-amino-alcohol motifs (C(OH)–C–C–N with tert-alkyl or cyclic N) is 1. The van der Waals surface area contributed by atoms with Crippen LogP contribution in [-0.4, -0.2) is 48.8 Å².